The predicted octanol–water partition coefficient (Wildman–Crippen LogP) is 4.90. The summed E-state index contributed by atoms with van der Waals surface area (Å²) in [6.07, 6.45) is 2.41. The molecule has 0 amide bonds. The lowest BCUT2D eigenvalue weighted by atomic mass is 10.0. The molecule has 2 nitrogen and oxygen atoms in total. The minimum Gasteiger partial charge on any atom is -0.361 e. The van der Waals surface area contributed by atoms with Crippen LogP contribution in [0.4, 0.5) is 5.69 Å². The van der Waals surface area contributed by atoms with Crippen molar-refractivity contribution in [2.24, 2.45) is 0 Å². The number of nitrogens with one attached hydrogen (secondary N) is 1. The van der Waals surface area contributed by atoms with Gasteiger partial charge in [0.15, 0.2) is 0 Å². The van der Waals surface area contributed by atoms with Crippen LogP contribution >= 0.6 is 0 Å². The van der Waals surface area contributed by atoms with Crippen LogP contribution in [0.2, 0.25) is 0 Å². The van der Waals surface area contributed by atoms with Gasteiger partial charge in [0, 0.05) is 23.9 Å². The van der Waals surface area contributed by atoms with Crippen molar-refractivity contribution in [2.75, 3.05) is 5.32 Å². The van der Waals surface area contributed by atoms with Gasteiger partial charge in [-0.2, -0.15) is 5.26 Å². The molecule has 0 bridgehead atoms. The molecule has 106 valence electrons. The topological polar surface area (TPSA) is 35.8 Å². The first-order valence-corrected chi connectivity index (χ1v) is 7.23. The average Bonchev–Trinajstić information content (AvgIpc) is 2.59. The van der Waals surface area contributed by atoms with Crippen LogP contribution in [-0.4, -0.2) is 0 Å². The maximum absolute atomic E-state index is 9.32. The summed E-state index contributed by atoms with van der Waals surface area (Å²) in [5.41, 5.74) is 2.83. The van der Waals surface area contributed by atoms with Gasteiger partial charge in [0.05, 0.1) is 6.07 Å². The molecule has 3 rings (SSSR count). The molecule has 0 heterocycles. The van der Waals surface area contributed by atoms with E-state index in [4.69, 9.17) is 0 Å². The van der Waals surface area contributed by atoms with Crippen molar-refractivity contribution in [3.8, 4) is 6.07 Å². The molecule has 1 N–H and O–H groups in total. The number of benzene rings is 3. The van der Waals surface area contributed by atoms with E-state index in [0.717, 1.165) is 11.3 Å². The van der Waals surface area contributed by atoms with Crippen molar-refractivity contribution in [3.05, 3.63) is 90.1 Å². The fourth-order valence-corrected chi connectivity index (χ4v) is 2.40. The number of rotatable bonds is 4. The first kappa shape index (κ1) is 13.9. The largest absolute Gasteiger partial charge is 0.361 e. The van der Waals surface area contributed by atoms with E-state index < -0.39 is 0 Å². The minimum atomic E-state index is 0.626. The van der Waals surface area contributed by atoms with Crippen LogP contribution in [0.3, 0.4) is 0 Å². The zero-order valence-electron chi connectivity index (χ0n) is 12.2. The molecule has 0 atom stereocenters. The van der Waals surface area contributed by atoms with E-state index in [-0.39, 0.29) is 0 Å². The molecular formula is C20H16N2. The predicted molar refractivity (Wildman–Crippen MR) is 91.4 cm³/mol. The summed E-state index contributed by atoms with van der Waals surface area (Å²) >= 11 is 0. The summed E-state index contributed by atoms with van der Waals surface area (Å²) in [5.74, 6) is 0. The van der Waals surface area contributed by atoms with Gasteiger partial charge in [-0.3, -0.25) is 0 Å². The van der Waals surface area contributed by atoms with Crippen molar-refractivity contribution in [3.63, 3.8) is 0 Å². The van der Waals surface area contributed by atoms with Crippen LogP contribution in [0.5, 0.6) is 0 Å². The quantitative estimate of drug-likeness (QED) is 0.691. The molecule has 3 aromatic carbocycles. The molecule has 0 saturated carbocycles. The molecule has 0 spiro atoms. The number of anilines is 1. The lowest BCUT2D eigenvalue weighted by Crippen LogP contribution is -1.94. The molecule has 0 unspecified atom stereocenters. The highest BCUT2D eigenvalue weighted by Crippen LogP contribution is 2.18. The van der Waals surface area contributed by atoms with E-state index in [1.165, 1.54) is 10.8 Å². The Morgan fingerprint density at radius 1 is 0.909 bits per heavy atom. The van der Waals surface area contributed by atoms with Crippen molar-refractivity contribution in [1.29, 1.82) is 5.26 Å². The normalized spacial score (nSPS) is 11.1. The van der Waals surface area contributed by atoms with Crippen LogP contribution in [0, 0.1) is 11.3 Å². The molecule has 3 aromatic rings. The number of allylic oxidation sites excluding steroid dienone is 1. The van der Waals surface area contributed by atoms with E-state index in [9.17, 15) is 5.26 Å². The van der Waals surface area contributed by atoms with E-state index in [0.29, 0.717) is 12.0 Å². The summed E-state index contributed by atoms with van der Waals surface area (Å²) in [6, 6.07) is 26.7. The zero-order chi connectivity index (χ0) is 15.2. The zero-order valence-corrected chi connectivity index (χ0v) is 12.2. The molecule has 0 radical (unpaired) electrons. The van der Waals surface area contributed by atoms with E-state index in [2.05, 4.69) is 41.7 Å². The SMILES string of the molecule is N#CC(=CNc1ccccc1)Cc1ccc2ccccc2c1. The number of hydrogen-bond donors (Lipinski definition) is 1. The van der Waals surface area contributed by atoms with Gasteiger partial charge in [-0.25, -0.2) is 0 Å². The van der Waals surface area contributed by atoms with Gasteiger partial charge in [-0.05, 0) is 28.5 Å². The lowest BCUT2D eigenvalue weighted by molar-refractivity contribution is 1.20. The Morgan fingerprint density at radius 2 is 1.64 bits per heavy atom. The van der Waals surface area contributed by atoms with Crippen LogP contribution in [-0.2, 0) is 6.42 Å². The van der Waals surface area contributed by atoms with E-state index in [1.807, 2.05) is 42.5 Å². The number of fused-ring (bicyclic) bond motifs is 1. The smallest absolute Gasteiger partial charge is 0.0965 e. The highest BCUT2D eigenvalue weighted by Gasteiger charge is 2.01. The van der Waals surface area contributed by atoms with Crippen LogP contribution in [0.15, 0.2) is 84.6 Å². The maximum Gasteiger partial charge on any atom is 0.0965 e. The Bertz CT molecular complexity index is 842. The molecule has 0 aliphatic heterocycles. The number of nitrogens with zero attached hydrogens (tertiary/aromatic N) is 1. The monoisotopic (exact) mass is 284 g/mol. The van der Waals surface area contributed by atoms with Crippen molar-refractivity contribution < 1.29 is 0 Å². The van der Waals surface area contributed by atoms with E-state index >= 15 is 0 Å². The summed E-state index contributed by atoms with van der Waals surface area (Å²) in [6.45, 7) is 0. The van der Waals surface area contributed by atoms with Crippen molar-refractivity contribution in [2.45, 2.75) is 6.42 Å². The summed E-state index contributed by atoms with van der Waals surface area (Å²) < 4.78 is 0. The second-order valence-electron chi connectivity index (χ2n) is 5.15. The van der Waals surface area contributed by atoms with Crippen LogP contribution in [0.25, 0.3) is 10.8 Å². The third-order valence-corrected chi connectivity index (χ3v) is 3.54. The fourth-order valence-electron chi connectivity index (χ4n) is 2.40. The molecule has 0 aliphatic rings. The number of hydrogen-bond acceptors (Lipinski definition) is 2. The molecule has 22 heavy (non-hydrogen) atoms. The summed E-state index contributed by atoms with van der Waals surface area (Å²) in [5, 5.41) is 14.9. The second kappa shape index (κ2) is 6.60. The van der Waals surface area contributed by atoms with Crippen LogP contribution < -0.4 is 5.32 Å². The third kappa shape index (κ3) is 3.34. The Labute approximate surface area is 130 Å². The lowest BCUT2D eigenvalue weighted by Gasteiger charge is -2.04. The molecule has 2 heteroatoms. The Balaban J connectivity index is 1.78. The highest BCUT2D eigenvalue weighted by atomic mass is 14.8. The fraction of sp³-hybridized carbons (Fsp3) is 0.0500. The highest BCUT2D eigenvalue weighted by molar-refractivity contribution is 5.83. The summed E-state index contributed by atoms with van der Waals surface area (Å²) in [7, 11) is 0. The first-order valence-electron chi connectivity index (χ1n) is 7.23. The van der Waals surface area contributed by atoms with Gasteiger partial charge in [0.2, 0.25) is 0 Å². The Kier molecular flexibility index (Phi) is 4.17. The van der Waals surface area contributed by atoms with Gasteiger partial charge >= 0.3 is 0 Å². The van der Waals surface area contributed by atoms with Gasteiger partial charge in [-0.1, -0.05) is 60.7 Å². The molecular weight excluding hydrogens is 268 g/mol. The second-order valence-corrected chi connectivity index (χ2v) is 5.15. The average molecular weight is 284 g/mol. The number of nitriles is 1. The van der Waals surface area contributed by atoms with Crippen molar-refractivity contribution >= 4 is 16.5 Å². The number of para-hydroxylation sites is 1. The molecule has 0 aliphatic carbocycles. The van der Waals surface area contributed by atoms with Gasteiger partial charge in [0.25, 0.3) is 0 Å². The summed E-state index contributed by atoms with van der Waals surface area (Å²) in [4.78, 5) is 0. The Morgan fingerprint density at radius 3 is 2.41 bits per heavy atom. The maximum atomic E-state index is 9.32. The van der Waals surface area contributed by atoms with E-state index in [1.54, 1.807) is 6.20 Å². The van der Waals surface area contributed by atoms with Gasteiger partial charge < -0.3 is 5.32 Å². The minimum absolute atomic E-state index is 0.626. The first-order chi connectivity index (χ1) is 10.8. The van der Waals surface area contributed by atoms with Crippen molar-refractivity contribution in [1.82, 2.24) is 0 Å². The van der Waals surface area contributed by atoms with Gasteiger partial charge in [0.1, 0.15) is 0 Å². The standard InChI is InChI=1S/C20H16N2/c21-14-17(15-22-20-8-2-1-3-9-20)12-16-10-11-18-6-4-5-7-19(18)13-16/h1-11,13,15,22H,12H2. The van der Waals surface area contributed by atoms with Gasteiger partial charge in [-0.15, -0.1) is 0 Å². The third-order valence-electron chi connectivity index (χ3n) is 3.54. The Hall–Kier alpha value is -3.05. The molecule has 0 fully saturated rings. The van der Waals surface area contributed by atoms with Crippen LogP contribution in [0.1, 0.15) is 5.56 Å². The molecule has 0 aromatic heterocycles. The molecule has 0 saturated heterocycles.